The van der Waals surface area contributed by atoms with Crippen molar-refractivity contribution in [2.75, 3.05) is 6.61 Å². The molecule has 1 aliphatic rings. The minimum absolute atomic E-state index is 0.0208. The normalized spacial score (nSPS) is 14.3. The highest BCUT2D eigenvalue weighted by molar-refractivity contribution is 5.85. The first-order chi connectivity index (χ1) is 7.72. The summed E-state index contributed by atoms with van der Waals surface area (Å²) in [6.45, 7) is 1.99. The van der Waals surface area contributed by atoms with E-state index in [2.05, 4.69) is 9.97 Å². The number of esters is 1. The number of aromatic nitrogens is 2. The summed E-state index contributed by atoms with van der Waals surface area (Å²) >= 11 is 0. The molecule has 1 aromatic heterocycles. The fourth-order valence-corrected chi connectivity index (χ4v) is 1.90. The fraction of sp³-hybridized carbons (Fsp3) is 0.545. The molecule has 0 radical (unpaired) electrons. The molecule has 0 aromatic carbocycles. The Balaban J connectivity index is 2.39. The summed E-state index contributed by atoms with van der Waals surface area (Å²) in [5.74, 6) is -0.541. The molecule has 0 unspecified atom stereocenters. The number of carbonyl (C=O) groups excluding carboxylic acids is 1. The summed E-state index contributed by atoms with van der Waals surface area (Å²) in [6, 6.07) is 0. The molecule has 0 fully saturated rings. The van der Waals surface area contributed by atoms with Gasteiger partial charge in [0.15, 0.2) is 0 Å². The molecule has 1 N–H and O–H groups in total. The van der Waals surface area contributed by atoms with E-state index in [0.717, 1.165) is 36.9 Å². The Bertz CT molecular complexity index is 465. The van der Waals surface area contributed by atoms with Gasteiger partial charge in [0.25, 0.3) is 5.56 Å². The molecule has 5 nitrogen and oxygen atoms in total. The highest BCUT2D eigenvalue weighted by Crippen LogP contribution is 2.15. The molecule has 86 valence electrons. The third-order valence-electron chi connectivity index (χ3n) is 2.66. The highest BCUT2D eigenvalue weighted by atomic mass is 16.5. The van der Waals surface area contributed by atoms with Crippen LogP contribution in [0.3, 0.4) is 0 Å². The minimum atomic E-state index is -0.562. The number of nitrogens with one attached hydrogen (secondary N) is 1. The smallest absolute Gasteiger partial charge is 0.374 e. The molecule has 0 saturated heterocycles. The van der Waals surface area contributed by atoms with Crippen molar-refractivity contribution in [3.8, 4) is 0 Å². The third-order valence-corrected chi connectivity index (χ3v) is 2.66. The number of hydrogen-bond donors (Lipinski definition) is 1. The number of hydrogen-bond acceptors (Lipinski definition) is 4. The van der Waals surface area contributed by atoms with Crippen LogP contribution in [0.25, 0.3) is 0 Å². The van der Waals surface area contributed by atoms with Crippen LogP contribution >= 0.6 is 0 Å². The second kappa shape index (κ2) is 4.47. The van der Waals surface area contributed by atoms with Crippen LogP contribution in [0.1, 0.15) is 41.6 Å². The number of fused-ring (bicyclic) bond motifs is 1. The maximum atomic E-state index is 11.7. The van der Waals surface area contributed by atoms with Crippen LogP contribution in [-0.4, -0.2) is 22.5 Å². The van der Waals surface area contributed by atoms with Crippen molar-refractivity contribution < 1.29 is 9.53 Å². The van der Waals surface area contributed by atoms with E-state index in [1.165, 1.54) is 0 Å². The van der Waals surface area contributed by atoms with E-state index in [0.29, 0.717) is 0 Å². The predicted octanol–water partition coefficient (Wildman–Crippen LogP) is 0.825. The summed E-state index contributed by atoms with van der Waals surface area (Å²) in [5, 5.41) is 0. The topological polar surface area (TPSA) is 72.0 Å². The predicted molar refractivity (Wildman–Crippen MR) is 57.5 cm³/mol. The van der Waals surface area contributed by atoms with Crippen molar-refractivity contribution in [3.63, 3.8) is 0 Å². The molecule has 1 aromatic rings. The first-order valence-corrected chi connectivity index (χ1v) is 5.51. The van der Waals surface area contributed by atoms with Gasteiger partial charge in [-0.2, -0.15) is 0 Å². The van der Waals surface area contributed by atoms with Crippen molar-refractivity contribution in [1.82, 2.24) is 9.97 Å². The number of carbonyl (C=O) groups is 1. The zero-order valence-corrected chi connectivity index (χ0v) is 9.21. The summed E-state index contributed by atoms with van der Waals surface area (Å²) in [5.41, 5.74) is 1.27. The molecule has 0 saturated carbocycles. The van der Waals surface area contributed by atoms with Crippen molar-refractivity contribution in [2.45, 2.75) is 32.6 Å². The monoisotopic (exact) mass is 222 g/mol. The molecule has 5 heteroatoms. The van der Waals surface area contributed by atoms with Crippen LogP contribution in [0.4, 0.5) is 0 Å². The van der Waals surface area contributed by atoms with E-state index in [1.807, 2.05) is 0 Å². The highest BCUT2D eigenvalue weighted by Gasteiger charge is 2.18. The summed E-state index contributed by atoms with van der Waals surface area (Å²) < 4.78 is 4.80. The first kappa shape index (κ1) is 10.9. The van der Waals surface area contributed by atoms with Gasteiger partial charge >= 0.3 is 5.97 Å². The SMILES string of the molecule is CCOC(=O)c1nc2c(c(=O)[nH]1)CCCC2. The molecule has 0 spiro atoms. The molecular formula is C11H14N2O3. The lowest BCUT2D eigenvalue weighted by Gasteiger charge is -2.13. The van der Waals surface area contributed by atoms with Gasteiger partial charge in [0.05, 0.1) is 12.3 Å². The summed E-state index contributed by atoms with van der Waals surface area (Å²) in [6.07, 6.45) is 3.55. The fourth-order valence-electron chi connectivity index (χ4n) is 1.90. The van der Waals surface area contributed by atoms with Gasteiger partial charge in [-0.15, -0.1) is 0 Å². The van der Waals surface area contributed by atoms with E-state index in [9.17, 15) is 9.59 Å². The van der Waals surface area contributed by atoms with Crippen LogP contribution in [0.5, 0.6) is 0 Å². The van der Waals surface area contributed by atoms with Gasteiger partial charge in [-0.05, 0) is 32.6 Å². The Morgan fingerprint density at radius 2 is 2.19 bits per heavy atom. The number of ether oxygens (including phenoxy) is 1. The molecule has 2 rings (SSSR count). The summed E-state index contributed by atoms with van der Waals surface area (Å²) in [7, 11) is 0. The molecule has 0 bridgehead atoms. The quantitative estimate of drug-likeness (QED) is 0.752. The number of H-pyrrole nitrogens is 1. The average molecular weight is 222 g/mol. The van der Waals surface area contributed by atoms with Gasteiger partial charge in [0, 0.05) is 5.56 Å². The maximum absolute atomic E-state index is 11.7. The van der Waals surface area contributed by atoms with E-state index < -0.39 is 5.97 Å². The van der Waals surface area contributed by atoms with Gasteiger partial charge < -0.3 is 9.72 Å². The number of rotatable bonds is 2. The van der Waals surface area contributed by atoms with Crippen LogP contribution in [0, 0.1) is 0 Å². The molecule has 16 heavy (non-hydrogen) atoms. The molecule has 1 aliphatic carbocycles. The molecule has 0 atom stereocenters. The van der Waals surface area contributed by atoms with Crippen LogP contribution in [0.2, 0.25) is 0 Å². The molecular weight excluding hydrogens is 208 g/mol. The largest absolute Gasteiger partial charge is 0.460 e. The molecule has 0 amide bonds. The lowest BCUT2D eigenvalue weighted by molar-refractivity contribution is 0.0511. The zero-order valence-electron chi connectivity index (χ0n) is 9.21. The molecule has 1 heterocycles. The van der Waals surface area contributed by atoms with Gasteiger partial charge in [0.2, 0.25) is 5.82 Å². The lowest BCUT2D eigenvalue weighted by atomic mass is 9.97. The Hall–Kier alpha value is -1.65. The van der Waals surface area contributed by atoms with Gasteiger partial charge in [0.1, 0.15) is 0 Å². The number of aryl methyl sites for hydroxylation is 1. The Morgan fingerprint density at radius 3 is 2.94 bits per heavy atom. The second-order valence-electron chi connectivity index (χ2n) is 3.77. The number of aromatic amines is 1. The maximum Gasteiger partial charge on any atom is 0.374 e. The van der Waals surface area contributed by atoms with Crippen molar-refractivity contribution in [2.24, 2.45) is 0 Å². The van der Waals surface area contributed by atoms with Crippen LogP contribution < -0.4 is 5.56 Å². The number of nitrogens with zero attached hydrogens (tertiary/aromatic N) is 1. The average Bonchev–Trinajstić information content (AvgIpc) is 2.29. The van der Waals surface area contributed by atoms with E-state index >= 15 is 0 Å². The zero-order chi connectivity index (χ0) is 11.5. The standard InChI is InChI=1S/C11H14N2O3/c1-2-16-11(15)9-12-8-6-4-3-5-7(8)10(14)13-9/h2-6H2,1H3,(H,12,13,14). The van der Waals surface area contributed by atoms with E-state index in [1.54, 1.807) is 6.92 Å². The van der Waals surface area contributed by atoms with Crippen LogP contribution in [0.15, 0.2) is 4.79 Å². The van der Waals surface area contributed by atoms with Crippen molar-refractivity contribution >= 4 is 5.97 Å². The Kier molecular flexibility index (Phi) is 3.03. The Morgan fingerprint density at radius 1 is 1.44 bits per heavy atom. The lowest BCUT2D eigenvalue weighted by Crippen LogP contribution is -2.25. The molecule has 0 aliphatic heterocycles. The van der Waals surface area contributed by atoms with E-state index in [4.69, 9.17) is 4.74 Å². The van der Waals surface area contributed by atoms with E-state index in [-0.39, 0.29) is 18.0 Å². The summed E-state index contributed by atoms with van der Waals surface area (Å²) in [4.78, 5) is 29.8. The minimum Gasteiger partial charge on any atom is -0.460 e. The van der Waals surface area contributed by atoms with Crippen molar-refractivity contribution in [1.29, 1.82) is 0 Å². The van der Waals surface area contributed by atoms with Gasteiger partial charge in [-0.25, -0.2) is 9.78 Å². The van der Waals surface area contributed by atoms with Gasteiger partial charge in [-0.1, -0.05) is 0 Å². The van der Waals surface area contributed by atoms with Crippen LogP contribution in [-0.2, 0) is 17.6 Å². The third kappa shape index (κ3) is 1.98. The second-order valence-corrected chi connectivity index (χ2v) is 3.77. The first-order valence-electron chi connectivity index (χ1n) is 5.51. The Labute approximate surface area is 92.9 Å². The van der Waals surface area contributed by atoms with Gasteiger partial charge in [-0.3, -0.25) is 4.79 Å². The van der Waals surface area contributed by atoms with Crippen molar-refractivity contribution in [3.05, 3.63) is 27.4 Å².